The number of rotatable bonds is 0. The van der Waals surface area contributed by atoms with Crippen LogP contribution in [0.15, 0.2) is 12.2 Å². The molecule has 0 unspecified atom stereocenters. The number of aliphatic hydroxyl groups is 3. The van der Waals surface area contributed by atoms with Gasteiger partial charge in [0.05, 0.1) is 23.7 Å². The predicted octanol–water partition coefficient (Wildman–Crippen LogP) is 0.377. The lowest BCUT2D eigenvalue weighted by molar-refractivity contribution is -0.227. The summed E-state index contributed by atoms with van der Waals surface area (Å²) in [6, 6.07) is 0. The summed E-state index contributed by atoms with van der Waals surface area (Å²) < 4.78 is 5.29. The summed E-state index contributed by atoms with van der Waals surface area (Å²) in [5.41, 5.74) is -1.45. The molecular formula is C15H22O5. The van der Waals surface area contributed by atoms with E-state index < -0.39 is 47.1 Å². The van der Waals surface area contributed by atoms with Crippen LogP contribution >= 0.6 is 0 Å². The fourth-order valence-electron chi connectivity index (χ4n) is 4.74. The molecule has 0 amide bonds. The maximum atomic E-state index is 11.7. The largest absolute Gasteiger partial charge is 0.458 e. The van der Waals surface area contributed by atoms with Gasteiger partial charge in [-0.15, -0.1) is 0 Å². The van der Waals surface area contributed by atoms with Crippen LogP contribution in [0, 0.1) is 17.3 Å². The fourth-order valence-corrected chi connectivity index (χ4v) is 4.74. The number of carbonyl (C=O) groups is 1. The van der Waals surface area contributed by atoms with Gasteiger partial charge in [0.2, 0.25) is 0 Å². The molecule has 3 N–H and O–H groups in total. The van der Waals surface area contributed by atoms with Gasteiger partial charge in [-0.1, -0.05) is 13.5 Å². The molecule has 3 rings (SSSR count). The zero-order valence-electron chi connectivity index (χ0n) is 11.9. The van der Waals surface area contributed by atoms with Gasteiger partial charge in [-0.05, 0) is 26.2 Å². The fraction of sp³-hybridized carbons (Fsp3) is 0.800. The van der Waals surface area contributed by atoms with Crippen molar-refractivity contribution in [3.63, 3.8) is 0 Å². The van der Waals surface area contributed by atoms with E-state index in [9.17, 15) is 20.1 Å². The summed E-state index contributed by atoms with van der Waals surface area (Å²) in [6.45, 7) is 7.28. The summed E-state index contributed by atoms with van der Waals surface area (Å²) in [7, 11) is 0. The van der Waals surface area contributed by atoms with Crippen LogP contribution in [0.2, 0.25) is 0 Å². The van der Waals surface area contributed by atoms with Crippen LogP contribution in [0.3, 0.4) is 0 Å². The Bertz CT molecular complexity index is 471. The van der Waals surface area contributed by atoms with Crippen molar-refractivity contribution in [2.24, 2.45) is 17.3 Å². The van der Waals surface area contributed by atoms with Crippen LogP contribution in [-0.4, -0.2) is 45.2 Å². The third-order valence-corrected chi connectivity index (χ3v) is 5.74. The van der Waals surface area contributed by atoms with Gasteiger partial charge in [0.15, 0.2) is 0 Å². The van der Waals surface area contributed by atoms with Crippen molar-refractivity contribution in [3.8, 4) is 0 Å². The first-order valence-corrected chi connectivity index (χ1v) is 7.17. The second-order valence-corrected chi connectivity index (χ2v) is 7.08. The van der Waals surface area contributed by atoms with Gasteiger partial charge in [-0.25, -0.2) is 4.79 Å². The lowest BCUT2D eigenvalue weighted by Gasteiger charge is -2.58. The third kappa shape index (κ3) is 1.63. The Morgan fingerprint density at radius 3 is 2.65 bits per heavy atom. The smallest absolute Gasteiger partial charge is 0.334 e. The quantitative estimate of drug-likeness (QED) is 0.441. The molecule has 0 aromatic rings. The number of hydrogen-bond acceptors (Lipinski definition) is 5. The second-order valence-electron chi connectivity index (χ2n) is 7.08. The van der Waals surface area contributed by atoms with Crippen LogP contribution in [0.1, 0.15) is 33.1 Å². The number of carbonyl (C=O) groups excluding carboxylic acids is 1. The normalized spacial score (nSPS) is 55.1. The molecule has 3 aliphatic rings. The van der Waals surface area contributed by atoms with Crippen molar-refractivity contribution in [2.75, 3.05) is 0 Å². The molecule has 2 saturated carbocycles. The first kappa shape index (κ1) is 14.0. The van der Waals surface area contributed by atoms with E-state index in [-0.39, 0.29) is 5.57 Å². The Kier molecular flexibility index (Phi) is 2.85. The highest BCUT2D eigenvalue weighted by molar-refractivity contribution is 5.91. The van der Waals surface area contributed by atoms with Gasteiger partial charge in [0.25, 0.3) is 0 Å². The van der Waals surface area contributed by atoms with Crippen molar-refractivity contribution >= 4 is 5.97 Å². The average Bonchev–Trinajstić information content (AvgIpc) is 2.60. The minimum atomic E-state index is -1.07. The third-order valence-electron chi connectivity index (χ3n) is 5.74. The first-order chi connectivity index (χ1) is 9.18. The molecule has 2 aliphatic carbocycles. The predicted molar refractivity (Wildman–Crippen MR) is 70.6 cm³/mol. The standard InChI is InChI=1S/C15H22O5/c1-7-10-8(20-13(7)18)6-14(2)9(16)4-5-15(3,19)12(14)11(10)17/h8-12,16-17,19H,1,4-6H2,2-3H3/t8-,9+,10+,11-,12+,14-,15+/m0/s1. The lowest BCUT2D eigenvalue weighted by atomic mass is 9.50. The molecular weight excluding hydrogens is 260 g/mol. The highest BCUT2D eigenvalue weighted by Crippen LogP contribution is 2.58. The monoisotopic (exact) mass is 282 g/mol. The van der Waals surface area contributed by atoms with Crippen LogP contribution in [0.5, 0.6) is 0 Å². The number of hydrogen-bond donors (Lipinski definition) is 3. The highest BCUT2D eigenvalue weighted by Gasteiger charge is 2.64. The van der Waals surface area contributed by atoms with E-state index in [0.29, 0.717) is 19.3 Å². The first-order valence-electron chi connectivity index (χ1n) is 7.17. The molecule has 5 heteroatoms. The summed E-state index contributed by atoms with van der Waals surface area (Å²) in [6.07, 6.45) is -0.627. The Morgan fingerprint density at radius 2 is 2.00 bits per heavy atom. The van der Waals surface area contributed by atoms with E-state index in [4.69, 9.17) is 4.74 Å². The minimum Gasteiger partial charge on any atom is -0.458 e. The summed E-state index contributed by atoms with van der Waals surface area (Å²) in [5, 5.41) is 31.8. The zero-order valence-corrected chi connectivity index (χ0v) is 11.9. The molecule has 3 fully saturated rings. The van der Waals surface area contributed by atoms with Gasteiger partial charge < -0.3 is 20.1 Å². The molecule has 1 aliphatic heterocycles. The topological polar surface area (TPSA) is 87.0 Å². The van der Waals surface area contributed by atoms with E-state index in [1.54, 1.807) is 6.92 Å². The molecule has 0 radical (unpaired) electrons. The highest BCUT2D eigenvalue weighted by atomic mass is 16.6. The van der Waals surface area contributed by atoms with Gasteiger partial charge in [-0.2, -0.15) is 0 Å². The van der Waals surface area contributed by atoms with Crippen molar-refractivity contribution < 1.29 is 24.9 Å². The van der Waals surface area contributed by atoms with Crippen LogP contribution < -0.4 is 0 Å². The van der Waals surface area contributed by atoms with E-state index in [0.717, 1.165) is 0 Å². The molecule has 0 aromatic carbocycles. The van der Waals surface area contributed by atoms with Gasteiger partial charge in [0.1, 0.15) is 6.10 Å². The van der Waals surface area contributed by atoms with E-state index in [2.05, 4.69) is 6.58 Å². The van der Waals surface area contributed by atoms with E-state index >= 15 is 0 Å². The molecule has 0 bridgehead atoms. The average molecular weight is 282 g/mol. The number of esters is 1. The Balaban J connectivity index is 2.04. The van der Waals surface area contributed by atoms with Crippen LogP contribution in [-0.2, 0) is 9.53 Å². The molecule has 1 heterocycles. The molecule has 1 saturated heterocycles. The molecule has 5 nitrogen and oxygen atoms in total. The van der Waals surface area contributed by atoms with E-state index in [1.165, 1.54) is 0 Å². The van der Waals surface area contributed by atoms with E-state index in [1.807, 2.05) is 6.92 Å². The van der Waals surface area contributed by atoms with Crippen LogP contribution in [0.4, 0.5) is 0 Å². The van der Waals surface area contributed by atoms with Crippen molar-refractivity contribution in [2.45, 2.75) is 57.0 Å². The zero-order chi connectivity index (χ0) is 14.9. The Hall–Kier alpha value is -0.910. The number of ether oxygens (including phenoxy) is 1. The summed E-state index contributed by atoms with van der Waals surface area (Å²) >= 11 is 0. The molecule has 7 atom stereocenters. The van der Waals surface area contributed by atoms with Crippen molar-refractivity contribution in [1.82, 2.24) is 0 Å². The number of aliphatic hydroxyl groups excluding tert-OH is 2. The minimum absolute atomic E-state index is 0.278. The maximum absolute atomic E-state index is 11.7. The van der Waals surface area contributed by atoms with Gasteiger partial charge in [-0.3, -0.25) is 0 Å². The lowest BCUT2D eigenvalue weighted by Crippen LogP contribution is -2.65. The Morgan fingerprint density at radius 1 is 1.35 bits per heavy atom. The van der Waals surface area contributed by atoms with Crippen molar-refractivity contribution in [3.05, 3.63) is 12.2 Å². The number of fused-ring (bicyclic) bond motifs is 2. The maximum Gasteiger partial charge on any atom is 0.334 e. The van der Waals surface area contributed by atoms with Gasteiger partial charge in [0, 0.05) is 16.9 Å². The SMILES string of the molecule is C=C1C(=O)O[C@H]2C[C@@]3(C)[C@H](O)CC[C@@](C)(O)[C@@H]3[C@@H](O)[C@H]12. The Labute approximate surface area is 118 Å². The molecule has 0 aromatic heterocycles. The molecule has 0 spiro atoms. The van der Waals surface area contributed by atoms with Gasteiger partial charge >= 0.3 is 5.97 Å². The molecule has 20 heavy (non-hydrogen) atoms. The van der Waals surface area contributed by atoms with Crippen molar-refractivity contribution in [1.29, 1.82) is 0 Å². The summed E-state index contributed by atoms with van der Waals surface area (Å²) in [5.74, 6) is -1.45. The molecule has 112 valence electrons. The second kappa shape index (κ2) is 4.06. The van der Waals surface area contributed by atoms with Crippen LogP contribution in [0.25, 0.3) is 0 Å². The summed E-state index contributed by atoms with van der Waals surface area (Å²) in [4.78, 5) is 11.7.